The molecular formula is C18H23N3O2. The molecular weight excluding hydrogens is 290 g/mol. The van der Waals surface area contributed by atoms with Gasteiger partial charge in [-0.15, -0.1) is 0 Å². The number of benzene rings is 1. The van der Waals surface area contributed by atoms with E-state index in [1.807, 2.05) is 48.5 Å². The van der Waals surface area contributed by atoms with Crippen LogP contribution in [0.1, 0.15) is 25.3 Å². The molecule has 1 aliphatic carbocycles. The summed E-state index contributed by atoms with van der Waals surface area (Å²) >= 11 is 0. The van der Waals surface area contributed by atoms with Crippen molar-refractivity contribution in [2.45, 2.75) is 19.8 Å². The van der Waals surface area contributed by atoms with Crippen molar-refractivity contribution in [3.8, 4) is 5.75 Å². The molecule has 0 unspecified atom stereocenters. The first-order valence-electron chi connectivity index (χ1n) is 8.09. The molecule has 1 amide bonds. The van der Waals surface area contributed by atoms with Crippen LogP contribution in [0.25, 0.3) is 5.70 Å². The molecule has 1 aromatic carbocycles. The van der Waals surface area contributed by atoms with Gasteiger partial charge in [0.1, 0.15) is 5.75 Å². The largest absolute Gasteiger partial charge is 0.497 e. The average molecular weight is 313 g/mol. The van der Waals surface area contributed by atoms with Crippen molar-refractivity contribution in [1.82, 2.24) is 15.8 Å². The molecule has 122 valence electrons. The number of carbonyl (C=O) groups excluding carboxylic acids is 1. The summed E-state index contributed by atoms with van der Waals surface area (Å²) in [5.41, 5.74) is 6.04. The lowest BCUT2D eigenvalue weighted by molar-refractivity contribution is -0.117. The van der Waals surface area contributed by atoms with E-state index in [1.165, 1.54) is 12.8 Å². The van der Waals surface area contributed by atoms with Crippen molar-refractivity contribution in [2.24, 2.45) is 5.92 Å². The van der Waals surface area contributed by atoms with Crippen LogP contribution in [0.2, 0.25) is 0 Å². The molecule has 2 N–H and O–H groups in total. The molecule has 1 saturated carbocycles. The van der Waals surface area contributed by atoms with Gasteiger partial charge < -0.3 is 10.1 Å². The highest BCUT2D eigenvalue weighted by atomic mass is 16.5. The summed E-state index contributed by atoms with van der Waals surface area (Å²) in [5.74, 6) is 1.50. The summed E-state index contributed by atoms with van der Waals surface area (Å²) in [6.07, 6.45) is 6.33. The summed E-state index contributed by atoms with van der Waals surface area (Å²) < 4.78 is 5.20. The van der Waals surface area contributed by atoms with Crippen molar-refractivity contribution in [3.63, 3.8) is 0 Å². The maximum atomic E-state index is 12.2. The van der Waals surface area contributed by atoms with Crippen molar-refractivity contribution in [2.75, 3.05) is 20.2 Å². The van der Waals surface area contributed by atoms with Crippen LogP contribution in [0.15, 0.2) is 42.1 Å². The second-order valence-corrected chi connectivity index (χ2v) is 5.94. The third kappa shape index (κ3) is 3.86. The van der Waals surface area contributed by atoms with Crippen LogP contribution in [0.5, 0.6) is 5.75 Å². The van der Waals surface area contributed by atoms with Crippen LogP contribution in [0.4, 0.5) is 0 Å². The maximum absolute atomic E-state index is 12.2. The van der Waals surface area contributed by atoms with Gasteiger partial charge in [-0.25, -0.2) is 0 Å². The topological polar surface area (TPSA) is 53.6 Å². The zero-order chi connectivity index (χ0) is 16.2. The molecule has 0 bridgehead atoms. The zero-order valence-corrected chi connectivity index (χ0v) is 13.6. The minimum atomic E-state index is -0.0409. The predicted octanol–water partition coefficient (Wildman–Crippen LogP) is 2.29. The molecule has 5 nitrogen and oxygen atoms in total. The first-order chi connectivity index (χ1) is 11.2. The standard InChI is InChI=1S/C18H23N3O2/c1-3-19-18(22)15-10-17(14-6-8-16(23-2)9-7-14)20-21(12-15)11-13-4-5-13/h6-10,12-13,20H,3-5,11H2,1-2H3,(H,19,22). The molecule has 5 heteroatoms. The van der Waals surface area contributed by atoms with Gasteiger partial charge >= 0.3 is 0 Å². The van der Waals surface area contributed by atoms with Gasteiger partial charge in [-0.05, 0) is 61.6 Å². The number of carbonyl (C=O) groups is 1. The van der Waals surface area contributed by atoms with E-state index in [2.05, 4.69) is 10.7 Å². The molecule has 1 fully saturated rings. The van der Waals surface area contributed by atoms with Gasteiger partial charge in [0, 0.05) is 19.3 Å². The highest BCUT2D eigenvalue weighted by Crippen LogP contribution is 2.31. The third-order valence-corrected chi connectivity index (χ3v) is 4.01. The Morgan fingerprint density at radius 1 is 1.35 bits per heavy atom. The molecule has 0 radical (unpaired) electrons. The summed E-state index contributed by atoms with van der Waals surface area (Å²) in [6.45, 7) is 3.48. The van der Waals surface area contributed by atoms with Crippen LogP contribution in [0, 0.1) is 5.92 Å². The Bertz CT molecular complexity index is 630. The Balaban J connectivity index is 1.84. The Hall–Kier alpha value is -2.43. The monoisotopic (exact) mass is 313 g/mol. The van der Waals surface area contributed by atoms with Crippen LogP contribution >= 0.6 is 0 Å². The van der Waals surface area contributed by atoms with Crippen LogP contribution in [0.3, 0.4) is 0 Å². The number of nitrogens with zero attached hydrogens (tertiary/aromatic N) is 1. The normalized spacial score (nSPS) is 17.0. The van der Waals surface area contributed by atoms with E-state index in [9.17, 15) is 4.79 Å². The Labute approximate surface area is 137 Å². The fourth-order valence-electron chi connectivity index (χ4n) is 2.56. The van der Waals surface area contributed by atoms with E-state index in [0.717, 1.165) is 29.5 Å². The Kier molecular flexibility index (Phi) is 4.55. The van der Waals surface area contributed by atoms with Gasteiger partial charge in [0.25, 0.3) is 5.91 Å². The minimum absolute atomic E-state index is 0.0409. The van der Waals surface area contributed by atoms with E-state index < -0.39 is 0 Å². The highest BCUT2D eigenvalue weighted by Gasteiger charge is 2.26. The number of hydrazine groups is 1. The fourth-order valence-corrected chi connectivity index (χ4v) is 2.56. The predicted molar refractivity (Wildman–Crippen MR) is 90.3 cm³/mol. The molecule has 2 aliphatic rings. The lowest BCUT2D eigenvalue weighted by Crippen LogP contribution is -2.38. The minimum Gasteiger partial charge on any atom is -0.497 e. The van der Waals surface area contributed by atoms with Crippen LogP contribution in [-0.4, -0.2) is 31.1 Å². The summed E-state index contributed by atoms with van der Waals surface area (Å²) in [5, 5.41) is 4.90. The quantitative estimate of drug-likeness (QED) is 0.846. The first kappa shape index (κ1) is 15.5. The van der Waals surface area contributed by atoms with Gasteiger partial charge in [0.15, 0.2) is 0 Å². The number of methoxy groups -OCH3 is 1. The Morgan fingerprint density at radius 2 is 2.09 bits per heavy atom. The lowest BCUT2D eigenvalue weighted by Gasteiger charge is -2.29. The second kappa shape index (κ2) is 6.77. The number of hydrogen-bond acceptors (Lipinski definition) is 4. The van der Waals surface area contributed by atoms with Crippen LogP contribution in [-0.2, 0) is 4.79 Å². The van der Waals surface area contributed by atoms with Crippen LogP contribution < -0.4 is 15.5 Å². The van der Waals surface area contributed by atoms with E-state index >= 15 is 0 Å². The molecule has 0 spiro atoms. The average Bonchev–Trinajstić information content (AvgIpc) is 3.39. The molecule has 0 aromatic heterocycles. The van der Waals surface area contributed by atoms with Gasteiger partial charge in [0.2, 0.25) is 0 Å². The van der Waals surface area contributed by atoms with Crippen molar-refractivity contribution in [3.05, 3.63) is 47.7 Å². The second-order valence-electron chi connectivity index (χ2n) is 5.94. The third-order valence-electron chi connectivity index (χ3n) is 4.01. The number of hydrogen-bond donors (Lipinski definition) is 2. The number of rotatable bonds is 6. The van der Waals surface area contributed by atoms with Crippen molar-refractivity contribution >= 4 is 11.6 Å². The maximum Gasteiger partial charge on any atom is 0.252 e. The van der Waals surface area contributed by atoms with Gasteiger partial charge in [0.05, 0.1) is 18.4 Å². The van der Waals surface area contributed by atoms with E-state index in [-0.39, 0.29) is 5.91 Å². The number of nitrogens with one attached hydrogen (secondary N) is 2. The summed E-state index contributed by atoms with van der Waals surface area (Å²) in [4.78, 5) is 12.2. The number of amides is 1. The highest BCUT2D eigenvalue weighted by molar-refractivity contribution is 5.98. The van der Waals surface area contributed by atoms with Gasteiger partial charge in [-0.3, -0.25) is 15.2 Å². The summed E-state index contributed by atoms with van der Waals surface area (Å²) in [7, 11) is 1.65. The molecule has 23 heavy (non-hydrogen) atoms. The molecule has 0 saturated heterocycles. The molecule has 1 aliphatic heterocycles. The molecule has 0 atom stereocenters. The van der Waals surface area contributed by atoms with Crippen molar-refractivity contribution in [1.29, 1.82) is 0 Å². The molecule has 1 aromatic rings. The number of likely N-dealkylation sites (N-methyl/N-ethyl adjacent to an activating group) is 1. The number of ether oxygens (including phenoxy) is 1. The smallest absolute Gasteiger partial charge is 0.252 e. The Morgan fingerprint density at radius 3 is 2.70 bits per heavy atom. The van der Waals surface area contributed by atoms with E-state index in [4.69, 9.17) is 4.74 Å². The molecule has 1 heterocycles. The van der Waals surface area contributed by atoms with E-state index in [1.54, 1.807) is 7.11 Å². The van der Waals surface area contributed by atoms with Gasteiger partial charge in [-0.2, -0.15) is 0 Å². The van der Waals surface area contributed by atoms with Gasteiger partial charge in [-0.1, -0.05) is 0 Å². The van der Waals surface area contributed by atoms with Crippen molar-refractivity contribution < 1.29 is 9.53 Å². The fraction of sp³-hybridized carbons (Fsp3) is 0.389. The summed E-state index contributed by atoms with van der Waals surface area (Å²) in [6, 6.07) is 7.83. The lowest BCUT2D eigenvalue weighted by atomic mass is 10.1. The van der Waals surface area contributed by atoms with E-state index in [0.29, 0.717) is 12.1 Å². The molecule has 3 rings (SSSR count). The first-order valence-corrected chi connectivity index (χ1v) is 8.09. The SMILES string of the molecule is CCNC(=O)C1=CN(CC2CC2)NC(c2ccc(OC)cc2)=C1. The zero-order valence-electron chi connectivity index (χ0n) is 13.6.